The Morgan fingerprint density at radius 3 is 2.38 bits per heavy atom. The van der Waals surface area contributed by atoms with E-state index in [-0.39, 0.29) is 23.7 Å². The van der Waals surface area contributed by atoms with Crippen molar-refractivity contribution in [1.82, 2.24) is 10.3 Å². The second-order valence-electron chi connectivity index (χ2n) is 7.18. The van der Waals surface area contributed by atoms with E-state index in [9.17, 15) is 9.59 Å². The fourth-order valence-corrected chi connectivity index (χ4v) is 3.59. The second kappa shape index (κ2) is 9.91. The molecule has 1 aliphatic carbocycles. The highest BCUT2D eigenvalue weighted by atomic mass is 16.5. The van der Waals surface area contributed by atoms with E-state index >= 15 is 0 Å². The number of rotatable bonds is 7. The molecule has 2 amide bonds. The van der Waals surface area contributed by atoms with Crippen molar-refractivity contribution in [1.29, 1.82) is 0 Å². The number of aromatic nitrogens is 1. The Bertz CT molecular complexity index is 833. The van der Waals surface area contributed by atoms with Gasteiger partial charge in [-0.05, 0) is 49.4 Å². The lowest BCUT2D eigenvalue weighted by atomic mass is 9.81. The molecule has 1 aromatic heterocycles. The molecule has 154 valence electrons. The number of amides is 2. The molecule has 0 radical (unpaired) electrons. The van der Waals surface area contributed by atoms with Crippen LogP contribution in [0.5, 0.6) is 11.5 Å². The van der Waals surface area contributed by atoms with Gasteiger partial charge >= 0.3 is 0 Å². The maximum Gasteiger partial charge on any atom is 0.227 e. The zero-order chi connectivity index (χ0) is 20.6. The summed E-state index contributed by atoms with van der Waals surface area (Å²) in [4.78, 5) is 29.1. The highest BCUT2D eigenvalue weighted by Gasteiger charge is 2.30. The summed E-state index contributed by atoms with van der Waals surface area (Å²) in [7, 11) is 3.14. The summed E-state index contributed by atoms with van der Waals surface area (Å²) in [5, 5.41) is 5.92. The number of carbonyl (C=O) groups excluding carboxylic acids is 2. The first-order chi connectivity index (χ1) is 14.1. The predicted molar refractivity (Wildman–Crippen MR) is 110 cm³/mol. The van der Waals surface area contributed by atoms with Gasteiger partial charge in [0.2, 0.25) is 11.8 Å². The smallest absolute Gasteiger partial charge is 0.227 e. The molecule has 7 heteroatoms. The molecule has 1 fully saturated rings. The van der Waals surface area contributed by atoms with Crippen LogP contribution in [0.25, 0.3) is 0 Å². The van der Waals surface area contributed by atoms with E-state index in [1.165, 1.54) is 0 Å². The zero-order valence-corrected chi connectivity index (χ0v) is 16.8. The van der Waals surface area contributed by atoms with E-state index in [2.05, 4.69) is 15.6 Å². The Morgan fingerprint density at radius 2 is 1.76 bits per heavy atom. The molecule has 0 aliphatic heterocycles. The van der Waals surface area contributed by atoms with Crippen LogP contribution in [0.15, 0.2) is 42.7 Å². The Kier molecular flexibility index (Phi) is 7.05. The van der Waals surface area contributed by atoms with Crippen molar-refractivity contribution in [3.63, 3.8) is 0 Å². The van der Waals surface area contributed by atoms with Crippen molar-refractivity contribution >= 4 is 17.5 Å². The molecule has 0 spiro atoms. The van der Waals surface area contributed by atoms with Gasteiger partial charge in [-0.3, -0.25) is 14.6 Å². The van der Waals surface area contributed by atoms with E-state index in [1.807, 2.05) is 12.1 Å². The Morgan fingerprint density at radius 1 is 1.03 bits per heavy atom. The van der Waals surface area contributed by atoms with Gasteiger partial charge in [-0.2, -0.15) is 0 Å². The van der Waals surface area contributed by atoms with Crippen molar-refractivity contribution in [2.75, 3.05) is 19.5 Å². The maximum atomic E-state index is 12.7. The maximum absolute atomic E-state index is 12.7. The van der Waals surface area contributed by atoms with Crippen LogP contribution >= 0.6 is 0 Å². The third-order valence-electron chi connectivity index (χ3n) is 5.32. The van der Waals surface area contributed by atoms with Gasteiger partial charge in [-0.25, -0.2) is 0 Å². The number of hydrogen-bond acceptors (Lipinski definition) is 5. The number of carbonyl (C=O) groups is 2. The molecule has 1 aliphatic rings. The molecule has 1 saturated carbocycles. The molecule has 29 heavy (non-hydrogen) atoms. The average molecular weight is 397 g/mol. The summed E-state index contributed by atoms with van der Waals surface area (Å²) in [5.41, 5.74) is 1.59. The van der Waals surface area contributed by atoms with Crippen LogP contribution in [-0.2, 0) is 16.1 Å². The summed E-state index contributed by atoms with van der Waals surface area (Å²) < 4.78 is 10.5. The van der Waals surface area contributed by atoms with E-state index in [1.54, 1.807) is 44.8 Å². The van der Waals surface area contributed by atoms with Crippen molar-refractivity contribution in [2.45, 2.75) is 32.2 Å². The first-order valence-electron chi connectivity index (χ1n) is 9.80. The van der Waals surface area contributed by atoms with Gasteiger partial charge in [-0.1, -0.05) is 6.07 Å². The fourth-order valence-electron chi connectivity index (χ4n) is 3.59. The third kappa shape index (κ3) is 5.47. The number of methoxy groups -OCH3 is 2. The van der Waals surface area contributed by atoms with Crippen LogP contribution in [0.4, 0.5) is 5.69 Å². The Balaban J connectivity index is 1.48. The van der Waals surface area contributed by atoms with Gasteiger partial charge in [-0.15, -0.1) is 0 Å². The topological polar surface area (TPSA) is 89.5 Å². The highest BCUT2D eigenvalue weighted by Crippen LogP contribution is 2.33. The minimum atomic E-state index is -0.107. The fraction of sp³-hybridized carbons (Fsp3) is 0.409. The molecule has 1 heterocycles. The largest absolute Gasteiger partial charge is 0.497 e. The molecule has 7 nitrogen and oxygen atoms in total. The lowest BCUT2D eigenvalue weighted by molar-refractivity contribution is -0.128. The van der Waals surface area contributed by atoms with Crippen molar-refractivity contribution in [3.8, 4) is 11.5 Å². The number of pyridine rings is 1. The summed E-state index contributed by atoms with van der Waals surface area (Å²) in [6.45, 7) is 0.477. The SMILES string of the molecule is COc1ccc(NC(=O)C2CCC(C(=O)NCc3cccnc3)CC2)c(OC)c1. The van der Waals surface area contributed by atoms with Crippen LogP contribution in [0.1, 0.15) is 31.2 Å². The Hall–Kier alpha value is -3.09. The third-order valence-corrected chi connectivity index (χ3v) is 5.32. The molecule has 1 aromatic carbocycles. The summed E-state index contributed by atoms with van der Waals surface area (Å²) in [5.74, 6) is 1.07. The first-order valence-corrected chi connectivity index (χ1v) is 9.80. The van der Waals surface area contributed by atoms with Crippen LogP contribution in [0, 0.1) is 11.8 Å². The molecular weight excluding hydrogens is 370 g/mol. The number of ether oxygens (including phenoxy) is 2. The number of hydrogen-bond donors (Lipinski definition) is 2. The van der Waals surface area contributed by atoms with E-state index in [4.69, 9.17) is 9.47 Å². The van der Waals surface area contributed by atoms with Gasteiger partial charge in [0.1, 0.15) is 11.5 Å². The van der Waals surface area contributed by atoms with Crippen LogP contribution in [-0.4, -0.2) is 31.0 Å². The molecule has 2 N–H and O–H groups in total. The number of benzene rings is 1. The number of nitrogens with zero attached hydrogens (tertiary/aromatic N) is 1. The van der Waals surface area contributed by atoms with Gasteiger partial charge in [0.25, 0.3) is 0 Å². The monoisotopic (exact) mass is 397 g/mol. The van der Waals surface area contributed by atoms with Crippen LogP contribution in [0.3, 0.4) is 0 Å². The van der Waals surface area contributed by atoms with Gasteiger partial charge in [0.15, 0.2) is 0 Å². The molecule has 0 unspecified atom stereocenters. The van der Waals surface area contributed by atoms with Crippen LogP contribution < -0.4 is 20.1 Å². The van der Waals surface area contributed by atoms with E-state index < -0.39 is 0 Å². The van der Waals surface area contributed by atoms with Gasteiger partial charge < -0.3 is 20.1 Å². The standard InChI is InChI=1S/C22H27N3O4/c1-28-18-9-10-19(20(12-18)29-2)25-22(27)17-7-5-16(6-8-17)21(26)24-14-15-4-3-11-23-13-15/h3-4,9-13,16-17H,5-8,14H2,1-2H3,(H,24,26)(H,25,27). The first kappa shape index (κ1) is 20.6. The quantitative estimate of drug-likeness (QED) is 0.749. The molecule has 0 bridgehead atoms. The summed E-state index contributed by atoms with van der Waals surface area (Å²) in [6, 6.07) is 9.07. The minimum absolute atomic E-state index is 0.0392. The molecule has 0 atom stereocenters. The van der Waals surface area contributed by atoms with Crippen molar-refractivity contribution < 1.29 is 19.1 Å². The predicted octanol–water partition coefficient (Wildman–Crippen LogP) is 3.16. The zero-order valence-electron chi connectivity index (χ0n) is 16.8. The molecule has 3 rings (SSSR count). The van der Waals surface area contributed by atoms with Gasteiger partial charge in [0, 0.05) is 36.8 Å². The number of anilines is 1. The van der Waals surface area contributed by atoms with Gasteiger partial charge in [0.05, 0.1) is 19.9 Å². The minimum Gasteiger partial charge on any atom is -0.497 e. The summed E-state index contributed by atoms with van der Waals surface area (Å²) >= 11 is 0. The number of nitrogens with one attached hydrogen (secondary N) is 2. The van der Waals surface area contributed by atoms with Crippen molar-refractivity contribution in [2.24, 2.45) is 11.8 Å². The highest BCUT2D eigenvalue weighted by molar-refractivity contribution is 5.94. The van der Waals surface area contributed by atoms with E-state index in [0.29, 0.717) is 49.4 Å². The molecule has 2 aromatic rings. The average Bonchev–Trinajstić information content (AvgIpc) is 2.78. The normalized spacial score (nSPS) is 18.6. The lowest BCUT2D eigenvalue weighted by Crippen LogP contribution is -2.35. The summed E-state index contributed by atoms with van der Waals surface area (Å²) in [6.07, 6.45) is 6.24. The lowest BCUT2D eigenvalue weighted by Gasteiger charge is -2.27. The van der Waals surface area contributed by atoms with Crippen molar-refractivity contribution in [3.05, 3.63) is 48.3 Å². The van der Waals surface area contributed by atoms with E-state index in [0.717, 1.165) is 5.56 Å². The van der Waals surface area contributed by atoms with Crippen LogP contribution in [0.2, 0.25) is 0 Å². The molecular formula is C22H27N3O4. The molecule has 0 saturated heterocycles. The Labute approximate surface area is 170 Å². The second-order valence-corrected chi connectivity index (χ2v) is 7.18.